The molecule has 2 heterocycles. The van der Waals surface area contributed by atoms with E-state index in [0.717, 1.165) is 0 Å². The van der Waals surface area contributed by atoms with Crippen LogP contribution in [0.25, 0.3) is 0 Å². The Labute approximate surface area is 114 Å². The van der Waals surface area contributed by atoms with E-state index in [-0.39, 0.29) is 11.8 Å². The Hall–Kier alpha value is -2.34. The van der Waals surface area contributed by atoms with Crippen LogP contribution in [0.15, 0.2) is 36.7 Å². The molecule has 2 N–H and O–H groups in total. The maximum atomic E-state index is 5.73. The van der Waals surface area contributed by atoms with Crippen molar-refractivity contribution in [3.8, 4) is 23.0 Å². The molecule has 0 unspecified atom stereocenters. The summed E-state index contributed by atoms with van der Waals surface area (Å²) in [6.07, 6.45) is 3.18. The third-order valence-corrected chi connectivity index (χ3v) is 2.84. The lowest BCUT2D eigenvalue weighted by molar-refractivity contribution is 0.174. The summed E-state index contributed by atoms with van der Waals surface area (Å²) >= 11 is 4.97. The van der Waals surface area contributed by atoms with Gasteiger partial charge in [0.2, 0.25) is 6.79 Å². The van der Waals surface area contributed by atoms with Crippen LogP contribution >= 0.6 is 12.2 Å². The number of hydrogen-bond acceptors (Lipinski definition) is 5. The first-order valence-corrected chi connectivity index (χ1v) is 5.96. The van der Waals surface area contributed by atoms with Crippen molar-refractivity contribution < 1.29 is 14.2 Å². The van der Waals surface area contributed by atoms with Crippen LogP contribution in [0.5, 0.6) is 23.0 Å². The van der Waals surface area contributed by atoms with Gasteiger partial charge in [-0.1, -0.05) is 12.2 Å². The zero-order chi connectivity index (χ0) is 13.2. The van der Waals surface area contributed by atoms with E-state index in [9.17, 15) is 0 Å². The molecule has 1 aromatic heterocycles. The number of nitrogens with two attached hydrogens (primary N) is 1. The van der Waals surface area contributed by atoms with Gasteiger partial charge >= 0.3 is 0 Å². The summed E-state index contributed by atoms with van der Waals surface area (Å²) in [5, 5.41) is 0. The first-order valence-electron chi connectivity index (χ1n) is 5.55. The highest BCUT2D eigenvalue weighted by molar-refractivity contribution is 7.80. The Kier molecular flexibility index (Phi) is 2.92. The van der Waals surface area contributed by atoms with E-state index in [1.54, 1.807) is 36.7 Å². The van der Waals surface area contributed by atoms with Crippen molar-refractivity contribution in [3.63, 3.8) is 0 Å². The van der Waals surface area contributed by atoms with Gasteiger partial charge in [-0.25, -0.2) is 0 Å². The quantitative estimate of drug-likeness (QED) is 0.866. The summed E-state index contributed by atoms with van der Waals surface area (Å²) in [5.41, 5.74) is 6.28. The minimum absolute atomic E-state index is 0.226. The van der Waals surface area contributed by atoms with Gasteiger partial charge in [0, 0.05) is 12.3 Å². The number of benzene rings is 1. The lowest BCUT2D eigenvalue weighted by Crippen LogP contribution is -2.10. The van der Waals surface area contributed by atoms with Gasteiger partial charge in [0.1, 0.15) is 10.7 Å². The molecule has 0 spiro atoms. The Balaban J connectivity index is 1.91. The predicted octanol–water partition coefficient (Wildman–Crippen LogP) is 2.24. The molecule has 1 aliphatic rings. The normalized spacial score (nSPS) is 12.2. The molecule has 96 valence electrons. The summed E-state index contributed by atoms with van der Waals surface area (Å²) in [6, 6.07) is 7.03. The molecule has 0 bridgehead atoms. The average molecular weight is 274 g/mol. The zero-order valence-electron chi connectivity index (χ0n) is 9.83. The molecule has 19 heavy (non-hydrogen) atoms. The molecule has 1 aliphatic heterocycles. The van der Waals surface area contributed by atoms with Gasteiger partial charge in [-0.15, -0.1) is 0 Å². The van der Waals surface area contributed by atoms with Crippen LogP contribution in [-0.2, 0) is 0 Å². The summed E-state index contributed by atoms with van der Waals surface area (Å²) in [6.45, 7) is 0.226. The second kappa shape index (κ2) is 4.74. The number of nitrogens with zero attached hydrogens (tertiary/aromatic N) is 1. The molecule has 0 aliphatic carbocycles. The van der Waals surface area contributed by atoms with E-state index in [1.807, 2.05) is 0 Å². The van der Waals surface area contributed by atoms with Crippen LogP contribution in [0, 0.1) is 0 Å². The standard InChI is InChI=1S/C13H10N2O3S/c14-13(19)9-3-4-15-6-12(9)18-8-1-2-10-11(5-8)17-7-16-10/h1-6H,7H2,(H2,14,19). The Bertz CT molecular complexity index is 646. The molecule has 0 amide bonds. The van der Waals surface area contributed by atoms with Crippen molar-refractivity contribution in [1.29, 1.82) is 0 Å². The van der Waals surface area contributed by atoms with Crippen LogP contribution in [-0.4, -0.2) is 16.8 Å². The van der Waals surface area contributed by atoms with Crippen molar-refractivity contribution in [2.45, 2.75) is 0 Å². The molecule has 0 fully saturated rings. The molecular formula is C13H10N2O3S. The monoisotopic (exact) mass is 274 g/mol. The number of fused-ring (bicyclic) bond motifs is 1. The van der Waals surface area contributed by atoms with Gasteiger partial charge in [-0.3, -0.25) is 4.98 Å². The largest absolute Gasteiger partial charge is 0.455 e. The average Bonchev–Trinajstić information content (AvgIpc) is 2.86. The molecule has 3 rings (SSSR count). The molecule has 0 atom stereocenters. The van der Waals surface area contributed by atoms with Gasteiger partial charge in [0.25, 0.3) is 0 Å². The van der Waals surface area contributed by atoms with Crippen molar-refractivity contribution >= 4 is 17.2 Å². The minimum Gasteiger partial charge on any atom is -0.455 e. The smallest absolute Gasteiger partial charge is 0.231 e. The van der Waals surface area contributed by atoms with Crippen molar-refractivity contribution in [3.05, 3.63) is 42.2 Å². The predicted molar refractivity (Wildman–Crippen MR) is 72.8 cm³/mol. The molecule has 2 aromatic rings. The van der Waals surface area contributed by atoms with E-state index in [0.29, 0.717) is 28.6 Å². The molecule has 5 nitrogen and oxygen atoms in total. The number of pyridine rings is 1. The SMILES string of the molecule is NC(=S)c1ccncc1Oc1ccc2c(c1)OCO2. The van der Waals surface area contributed by atoms with Crippen LogP contribution in [0.4, 0.5) is 0 Å². The highest BCUT2D eigenvalue weighted by Crippen LogP contribution is 2.36. The third kappa shape index (κ3) is 2.30. The fourth-order valence-corrected chi connectivity index (χ4v) is 1.90. The minimum atomic E-state index is 0.226. The van der Waals surface area contributed by atoms with Gasteiger partial charge in [-0.2, -0.15) is 0 Å². The third-order valence-electron chi connectivity index (χ3n) is 2.62. The molecule has 6 heteroatoms. The molecular weight excluding hydrogens is 264 g/mol. The molecule has 0 saturated carbocycles. The first-order chi connectivity index (χ1) is 9.24. The molecule has 0 radical (unpaired) electrons. The Morgan fingerprint density at radius 2 is 2.11 bits per heavy atom. The van der Waals surface area contributed by atoms with Crippen LogP contribution < -0.4 is 19.9 Å². The summed E-state index contributed by atoms with van der Waals surface area (Å²) in [5.74, 6) is 2.47. The Morgan fingerprint density at radius 3 is 2.95 bits per heavy atom. The Morgan fingerprint density at radius 1 is 1.26 bits per heavy atom. The van der Waals surface area contributed by atoms with Crippen molar-refractivity contribution in [1.82, 2.24) is 4.98 Å². The second-order valence-corrected chi connectivity index (χ2v) is 4.29. The van der Waals surface area contributed by atoms with Gasteiger partial charge in [0.05, 0.1) is 11.8 Å². The van der Waals surface area contributed by atoms with E-state index in [2.05, 4.69) is 4.98 Å². The van der Waals surface area contributed by atoms with Gasteiger partial charge in [-0.05, 0) is 18.2 Å². The van der Waals surface area contributed by atoms with Gasteiger partial charge < -0.3 is 19.9 Å². The van der Waals surface area contributed by atoms with E-state index < -0.39 is 0 Å². The lowest BCUT2D eigenvalue weighted by Gasteiger charge is -2.09. The number of rotatable bonds is 3. The number of aromatic nitrogens is 1. The zero-order valence-corrected chi connectivity index (χ0v) is 10.6. The second-order valence-electron chi connectivity index (χ2n) is 3.85. The summed E-state index contributed by atoms with van der Waals surface area (Å²) < 4.78 is 16.3. The maximum absolute atomic E-state index is 5.73. The highest BCUT2D eigenvalue weighted by Gasteiger charge is 2.15. The van der Waals surface area contributed by atoms with E-state index in [4.69, 9.17) is 32.2 Å². The molecule has 1 aromatic carbocycles. The number of thiocarbonyl (C=S) groups is 1. The summed E-state index contributed by atoms with van der Waals surface area (Å²) in [7, 11) is 0. The number of hydrogen-bond donors (Lipinski definition) is 1. The number of ether oxygens (including phenoxy) is 3. The van der Waals surface area contributed by atoms with Crippen molar-refractivity contribution in [2.75, 3.05) is 6.79 Å². The van der Waals surface area contributed by atoms with Gasteiger partial charge in [0.15, 0.2) is 17.2 Å². The fraction of sp³-hybridized carbons (Fsp3) is 0.0769. The van der Waals surface area contributed by atoms with E-state index in [1.165, 1.54) is 0 Å². The van der Waals surface area contributed by atoms with E-state index >= 15 is 0 Å². The maximum Gasteiger partial charge on any atom is 0.231 e. The summed E-state index contributed by atoms with van der Waals surface area (Å²) in [4.78, 5) is 4.26. The van der Waals surface area contributed by atoms with Crippen LogP contribution in [0.3, 0.4) is 0 Å². The van der Waals surface area contributed by atoms with Crippen LogP contribution in [0.2, 0.25) is 0 Å². The van der Waals surface area contributed by atoms with Crippen molar-refractivity contribution in [2.24, 2.45) is 5.73 Å². The van der Waals surface area contributed by atoms with Crippen LogP contribution in [0.1, 0.15) is 5.56 Å². The molecule has 0 saturated heterocycles. The topological polar surface area (TPSA) is 66.6 Å². The highest BCUT2D eigenvalue weighted by atomic mass is 32.1. The fourth-order valence-electron chi connectivity index (χ4n) is 1.73. The lowest BCUT2D eigenvalue weighted by atomic mass is 10.2. The first kappa shape index (κ1) is 11.7.